The fraction of sp³-hybridized carbons (Fsp3) is 0.0952. The van der Waals surface area contributed by atoms with Crippen molar-refractivity contribution in [3.63, 3.8) is 0 Å². The molecule has 0 saturated carbocycles. The molecule has 0 aliphatic heterocycles. The van der Waals surface area contributed by atoms with Gasteiger partial charge in [-0.2, -0.15) is 5.26 Å². The number of nitrogens with one attached hydrogen (secondary N) is 1. The van der Waals surface area contributed by atoms with Crippen molar-refractivity contribution in [2.45, 2.75) is 12.5 Å². The second-order valence-corrected chi connectivity index (χ2v) is 5.93. The van der Waals surface area contributed by atoms with E-state index in [9.17, 15) is 14.9 Å². The molecule has 128 valence electrons. The first-order valence-electron chi connectivity index (χ1n) is 8.16. The molecular weight excluding hydrogens is 326 g/mol. The van der Waals surface area contributed by atoms with E-state index in [0.29, 0.717) is 16.7 Å². The van der Waals surface area contributed by atoms with E-state index >= 15 is 0 Å². The molecule has 26 heavy (non-hydrogen) atoms. The first-order chi connectivity index (χ1) is 12.6. The summed E-state index contributed by atoms with van der Waals surface area (Å²) in [5, 5.41) is 13.6. The number of amides is 2. The average Bonchev–Trinajstić information content (AvgIpc) is 2.67. The molecule has 0 bridgehead atoms. The standard InChI is InChI=1S/C21H17N3O2/c22-13-16-8-2-1-7-15(16)12-19(20(23)25)24-21(26)18-11-5-9-14-6-3-4-10-17(14)18/h1-11,19H,12H2,(H2,23,25)(H,24,26)/t19-/m0/s1. The quantitative estimate of drug-likeness (QED) is 0.745. The Morgan fingerprint density at radius 1 is 1.00 bits per heavy atom. The first kappa shape index (κ1) is 17.2. The Morgan fingerprint density at radius 2 is 1.69 bits per heavy atom. The summed E-state index contributed by atoms with van der Waals surface area (Å²) in [4.78, 5) is 24.6. The van der Waals surface area contributed by atoms with Crippen molar-refractivity contribution in [2.75, 3.05) is 0 Å². The van der Waals surface area contributed by atoms with E-state index in [2.05, 4.69) is 11.4 Å². The number of hydrogen-bond donors (Lipinski definition) is 2. The molecular formula is C21H17N3O2. The molecule has 0 aliphatic rings. The predicted octanol–water partition coefficient (Wildman–Crippen LogP) is 2.54. The van der Waals surface area contributed by atoms with Crippen LogP contribution >= 0.6 is 0 Å². The number of carbonyl (C=O) groups is 2. The number of rotatable bonds is 5. The summed E-state index contributed by atoms with van der Waals surface area (Å²) in [7, 11) is 0. The fourth-order valence-corrected chi connectivity index (χ4v) is 2.91. The minimum Gasteiger partial charge on any atom is -0.368 e. The molecule has 0 heterocycles. The molecule has 5 heteroatoms. The van der Waals surface area contributed by atoms with E-state index in [0.717, 1.165) is 10.8 Å². The molecule has 2 amide bonds. The lowest BCUT2D eigenvalue weighted by atomic mass is 9.99. The van der Waals surface area contributed by atoms with Crippen molar-refractivity contribution in [2.24, 2.45) is 5.73 Å². The van der Waals surface area contributed by atoms with Crippen molar-refractivity contribution in [1.82, 2.24) is 5.32 Å². The van der Waals surface area contributed by atoms with Crippen LogP contribution in [0.5, 0.6) is 0 Å². The van der Waals surface area contributed by atoms with Gasteiger partial charge in [0.15, 0.2) is 0 Å². The number of nitrogens with two attached hydrogens (primary N) is 1. The van der Waals surface area contributed by atoms with Crippen LogP contribution in [0.25, 0.3) is 10.8 Å². The van der Waals surface area contributed by atoms with Gasteiger partial charge in [0.2, 0.25) is 5.91 Å². The fourth-order valence-electron chi connectivity index (χ4n) is 2.91. The number of fused-ring (bicyclic) bond motifs is 1. The van der Waals surface area contributed by atoms with Gasteiger partial charge in [-0.05, 0) is 28.5 Å². The Morgan fingerprint density at radius 3 is 2.46 bits per heavy atom. The summed E-state index contributed by atoms with van der Waals surface area (Å²) >= 11 is 0. The topological polar surface area (TPSA) is 96.0 Å². The maximum Gasteiger partial charge on any atom is 0.252 e. The second-order valence-electron chi connectivity index (χ2n) is 5.93. The molecule has 3 aromatic rings. The summed E-state index contributed by atoms with van der Waals surface area (Å²) in [5.41, 5.74) is 7.07. The Bertz CT molecular complexity index is 1020. The third-order valence-corrected chi connectivity index (χ3v) is 4.24. The maximum atomic E-state index is 12.7. The second kappa shape index (κ2) is 7.49. The molecule has 0 unspecified atom stereocenters. The number of carbonyl (C=O) groups excluding carboxylic acids is 2. The van der Waals surface area contributed by atoms with Gasteiger partial charge in [0.25, 0.3) is 5.91 Å². The normalized spacial score (nSPS) is 11.5. The third kappa shape index (κ3) is 3.55. The van der Waals surface area contributed by atoms with Crippen molar-refractivity contribution in [3.05, 3.63) is 83.4 Å². The number of nitrogens with zero attached hydrogens (tertiary/aromatic N) is 1. The lowest BCUT2D eigenvalue weighted by Gasteiger charge is -2.17. The zero-order valence-corrected chi connectivity index (χ0v) is 14.0. The molecule has 3 rings (SSSR count). The number of nitriles is 1. The summed E-state index contributed by atoms with van der Waals surface area (Å²) < 4.78 is 0. The lowest BCUT2D eigenvalue weighted by Crippen LogP contribution is -2.46. The van der Waals surface area contributed by atoms with Gasteiger partial charge in [-0.3, -0.25) is 9.59 Å². The number of primary amides is 1. The lowest BCUT2D eigenvalue weighted by molar-refractivity contribution is -0.119. The zero-order chi connectivity index (χ0) is 18.5. The predicted molar refractivity (Wildman–Crippen MR) is 99.3 cm³/mol. The van der Waals surface area contributed by atoms with Gasteiger partial charge < -0.3 is 11.1 Å². The van der Waals surface area contributed by atoms with Crippen LogP contribution in [0.15, 0.2) is 66.7 Å². The van der Waals surface area contributed by atoms with Gasteiger partial charge in [0, 0.05) is 12.0 Å². The molecule has 0 fully saturated rings. The highest BCUT2D eigenvalue weighted by atomic mass is 16.2. The van der Waals surface area contributed by atoms with Gasteiger partial charge in [0.1, 0.15) is 6.04 Å². The highest BCUT2D eigenvalue weighted by Crippen LogP contribution is 2.19. The van der Waals surface area contributed by atoms with Gasteiger partial charge >= 0.3 is 0 Å². The van der Waals surface area contributed by atoms with Crippen LogP contribution in [0.3, 0.4) is 0 Å². The molecule has 0 saturated heterocycles. The van der Waals surface area contributed by atoms with Crippen LogP contribution in [-0.2, 0) is 11.2 Å². The summed E-state index contributed by atoms with van der Waals surface area (Å²) in [5.74, 6) is -1.02. The summed E-state index contributed by atoms with van der Waals surface area (Å²) in [6, 6.07) is 21.1. The maximum absolute atomic E-state index is 12.7. The van der Waals surface area contributed by atoms with Gasteiger partial charge in [-0.25, -0.2) is 0 Å². The molecule has 0 radical (unpaired) electrons. The molecule has 3 aromatic carbocycles. The van der Waals surface area contributed by atoms with Crippen LogP contribution in [0.2, 0.25) is 0 Å². The molecule has 1 atom stereocenters. The number of benzene rings is 3. The van der Waals surface area contributed by atoms with Crippen LogP contribution in [-0.4, -0.2) is 17.9 Å². The van der Waals surface area contributed by atoms with Crippen molar-refractivity contribution in [3.8, 4) is 6.07 Å². The van der Waals surface area contributed by atoms with E-state index in [1.165, 1.54) is 0 Å². The minimum atomic E-state index is -0.907. The Balaban J connectivity index is 1.87. The van der Waals surface area contributed by atoms with Gasteiger partial charge in [-0.15, -0.1) is 0 Å². The SMILES string of the molecule is N#Cc1ccccc1C[C@H](NC(=O)c1cccc2ccccc12)C(N)=O. The number of hydrogen-bond acceptors (Lipinski definition) is 3. The van der Waals surface area contributed by atoms with Crippen molar-refractivity contribution >= 4 is 22.6 Å². The molecule has 3 N–H and O–H groups in total. The van der Waals surface area contributed by atoms with E-state index in [4.69, 9.17) is 5.73 Å². The van der Waals surface area contributed by atoms with E-state index in [-0.39, 0.29) is 12.3 Å². The molecule has 0 aliphatic carbocycles. The smallest absolute Gasteiger partial charge is 0.252 e. The van der Waals surface area contributed by atoms with Crippen LogP contribution in [0.1, 0.15) is 21.5 Å². The van der Waals surface area contributed by atoms with E-state index in [1.807, 2.05) is 30.3 Å². The zero-order valence-electron chi connectivity index (χ0n) is 14.0. The van der Waals surface area contributed by atoms with Gasteiger partial charge in [0.05, 0.1) is 11.6 Å². The largest absolute Gasteiger partial charge is 0.368 e. The molecule has 0 aromatic heterocycles. The average molecular weight is 343 g/mol. The minimum absolute atomic E-state index is 0.162. The third-order valence-electron chi connectivity index (χ3n) is 4.24. The van der Waals surface area contributed by atoms with Crippen molar-refractivity contribution < 1.29 is 9.59 Å². The Kier molecular flexibility index (Phi) is 4.95. The van der Waals surface area contributed by atoms with Crippen LogP contribution in [0.4, 0.5) is 0 Å². The molecule has 0 spiro atoms. The summed E-state index contributed by atoms with van der Waals surface area (Å²) in [6.45, 7) is 0. The highest BCUT2D eigenvalue weighted by molar-refractivity contribution is 6.08. The Labute approximate surface area is 151 Å². The first-order valence-corrected chi connectivity index (χ1v) is 8.16. The summed E-state index contributed by atoms with van der Waals surface area (Å²) in [6.07, 6.45) is 0.162. The molecule has 5 nitrogen and oxygen atoms in total. The van der Waals surface area contributed by atoms with E-state index in [1.54, 1.807) is 36.4 Å². The van der Waals surface area contributed by atoms with Crippen LogP contribution in [0, 0.1) is 11.3 Å². The van der Waals surface area contributed by atoms with Gasteiger partial charge in [-0.1, -0.05) is 54.6 Å². The monoisotopic (exact) mass is 343 g/mol. The van der Waals surface area contributed by atoms with Crippen LogP contribution < -0.4 is 11.1 Å². The van der Waals surface area contributed by atoms with E-state index < -0.39 is 11.9 Å². The Hall–Kier alpha value is -3.65. The highest BCUT2D eigenvalue weighted by Gasteiger charge is 2.21. The van der Waals surface area contributed by atoms with Crippen molar-refractivity contribution in [1.29, 1.82) is 5.26 Å².